The molecule has 0 bridgehead atoms. The first kappa shape index (κ1) is 13.2. The van der Waals surface area contributed by atoms with Gasteiger partial charge < -0.3 is 15.2 Å². The van der Waals surface area contributed by atoms with Crippen molar-refractivity contribution < 1.29 is 0 Å². The monoisotopic (exact) mass is 321 g/mol. The van der Waals surface area contributed by atoms with Crippen LogP contribution in [0, 0.1) is 6.92 Å². The third-order valence-corrected chi connectivity index (χ3v) is 4.50. The van der Waals surface area contributed by atoms with E-state index in [-0.39, 0.29) is 0 Å². The number of benzene rings is 1. The number of nitrogens with one attached hydrogen (secondary N) is 2. The summed E-state index contributed by atoms with van der Waals surface area (Å²) in [7, 11) is 0. The van der Waals surface area contributed by atoms with Crippen LogP contribution in [0.25, 0.3) is 10.9 Å². The van der Waals surface area contributed by atoms with Gasteiger partial charge in [0.15, 0.2) is 0 Å². The van der Waals surface area contributed by atoms with Gasteiger partial charge in [0.25, 0.3) is 0 Å². The topological polar surface area (TPSA) is 31.1 Å². The molecule has 1 aliphatic heterocycles. The minimum Gasteiger partial charge on any atom is -0.358 e. The van der Waals surface area contributed by atoms with Crippen molar-refractivity contribution in [2.45, 2.75) is 13.3 Å². The lowest BCUT2D eigenvalue weighted by Crippen LogP contribution is -2.44. The SMILES string of the molecule is Cc1c(CCN2CCNCC2)[nH]c2cc(Br)ccc12. The molecule has 1 saturated heterocycles. The zero-order valence-electron chi connectivity index (χ0n) is 11.3. The third-order valence-electron chi connectivity index (χ3n) is 4.01. The molecular formula is C15H20BrN3. The van der Waals surface area contributed by atoms with Crippen LogP contribution in [0.5, 0.6) is 0 Å². The van der Waals surface area contributed by atoms with E-state index in [1.807, 2.05) is 0 Å². The van der Waals surface area contributed by atoms with Gasteiger partial charge in [-0.25, -0.2) is 0 Å². The standard InChI is InChI=1S/C15H20BrN3/c1-11-13-3-2-12(16)10-15(13)18-14(11)4-7-19-8-5-17-6-9-19/h2-3,10,17-18H,4-9H2,1H3. The van der Waals surface area contributed by atoms with E-state index in [1.54, 1.807) is 0 Å². The Labute approximate surface area is 122 Å². The molecule has 1 fully saturated rings. The van der Waals surface area contributed by atoms with Crippen molar-refractivity contribution in [2.75, 3.05) is 32.7 Å². The number of fused-ring (bicyclic) bond motifs is 1. The number of hydrogen-bond donors (Lipinski definition) is 2. The Bertz CT molecular complexity index is 570. The predicted octanol–water partition coefficient (Wildman–Crippen LogP) is 2.69. The highest BCUT2D eigenvalue weighted by atomic mass is 79.9. The highest BCUT2D eigenvalue weighted by Gasteiger charge is 2.12. The van der Waals surface area contributed by atoms with Gasteiger partial charge in [-0.1, -0.05) is 22.0 Å². The number of aromatic nitrogens is 1. The second kappa shape index (κ2) is 5.65. The Balaban J connectivity index is 1.75. The van der Waals surface area contributed by atoms with E-state index in [4.69, 9.17) is 0 Å². The molecule has 4 heteroatoms. The van der Waals surface area contributed by atoms with Crippen molar-refractivity contribution in [2.24, 2.45) is 0 Å². The van der Waals surface area contributed by atoms with Crippen LogP contribution in [0.4, 0.5) is 0 Å². The third kappa shape index (κ3) is 2.86. The molecule has 0 atom stereocenters. The fraction of sp³-hybridized carbons (Fsp3) is 0.467. The molecular weight excluding hydrogens is 302 g/mol. The van der Waals surface area contributed by atoms with Gasteiger partial charge in [-0.15, -0.1) is 0 Å². The number of hydrogen-bond acceptors (Lipinski definition) is 2. The van der Waals surface area contributed by atoms with Gasteiger partial charge in [-0.05, 0) is 24.6 Å². The summed E-state index contributed by atoms with van der Waals surface area (Å²) in [6, 6.07) is 6.47. The molecule has 0 radical (unpaired) electrons. The molecule has 0 spiro atoms. The van der Waals surface area contributed by atoms with Gasteiger partial charge >= 0.3 is 0 Å². The molecule has 2 heterocycles. The van der Waals surface area contributed by atoms with Crippen molar-refractivity contribution in [3.05, 3.63) is 33.9 Å². The number of aryl methyl sites for hydroxylation is 1. The summed E-state index contributed by atoms with van der Waals surface area (Å²) in [5, 5.41) is 4.74. The van der Waals surface area contributed by atoms with Crippen LogP contribution in [0.3, 0.4) is 0 Å². The molecule has 1 aliphatic rings. The number of H-pyrrole nitrogens is 1. The van der Waals surface area contributed by atoms with Gasteiger partial charge in [0.1, 0.15) is 0 Å². The van der Waals surface area contributed by atoms with E-state index in [2.05, 4.69) is 56.3 Å². The first-order valence-corrected chi connectivity index (χ1v) is 7.73. The predicted molar refractivity (Wildman–Crippen MR) is 83.7 cm³/mol. The Morgan fingerprint density at radius 2 is 2.05 bits per heavy atom. The Kier molecular flexibility index (Phi) is 3.91. The number of rotatable bonds is 3. The van der Waals surface area contributed by atoms with Gasteiger partial charge in [0.05, 0.1) is 0 Å². The van der Waals surface area contributed by atoms with Crippen molar-refractivity contribution in [1.29, 1.82) is 0 Å². The van der Waals surface area contributed by atoms with Crippen molar-refractivity contribution >= 4 is 26.8 Å². The van der Waals surface area contributed by atoms with Crippen LogP contribution < -0.4 is 5.32 Å². The van der Waals surface area contributed by atoms with Crippen molar-refractivity contribution in [1.82, 2.24) is 15.2 Å². The largest absolute Gasteiger partial charge is 0.358 e. The minimum absolute atomic E-state index is 1.11. The average Bonchev–Trinajstić information content (AvgIpc) is 2.74. The Morgan fingerprint density at radius 3 is 2.84 bits per heavy atom. The molecule has 2 aromatic rings. The molecule has 19 heavy (non-hydrogen) atoms. The van der Waals surface area contributed by atoms with Crippen LogP contribution in [-0.4, -0.2) is 42.6 Å². The van der Waals surface area contributed by atoms with Gasteiger partial charge in [0.2, 0.25) is 0 Å². The first-order chi connectivity index (χ1) is 9.24. The van der Waals surface area contributed by atoms with Crippen molar-refractivity contribution in [3.8, 4) is 0 Å². The fourth-order valence-corrected chi connectivity index (χ4v) is 3.18. The number of piperazine rings is 1. The maximum absolute atomic E-state index is 3.57. The summed E-state index contributed by atoms with van der Waals surface area (Å²) in [6.07, 6.45) is 1.11. The number of aromatic amines is 1. The van der Waals surface area contributed by atoms with Crippen LogP contribution >= 0.6 is 15.9 Å². The molecule has 0 saturated carbocycles. The number of nitrogens with zero attached hydrogens (tertiary/aromatic N) is 1. The van der Waals surface area contributed by atoms with E-state index >= 15 is 0 Å². The second-order valence-corrected chi connectivity index (χ2v) is 6.18. The van der Waals surface area contributed by atoms with Crippen LogP contribution in [0.15, 0.2) is 22.7 Å². The van der Waals surface area contributed by atoms with E-state index < -0.39 is 0 Å². The van der Waals surface area contributed by atoms with E-state index in [9.17, 15) is 0 Å². The second-order valence-electron chi connectivity index (χ2n) is 5.26. The molecule has 1 aromatic carbocycles. The lowest BCUT2D eigenvalue weighted by Gasteiger charge is -2.26. The van der Waals surface area contributed by atoms with Gasteiger partial charge in [0, 0.05) is 60.2 Å². The summed E-state index contributed by atoms with van der Waals surface area (Å²) in [5.74, 6) is 0. The zero-order chi connectivity index (χ0) is 13.2. The van der Waals surface area contributed by atoms with Crippen LogP contribution in [0.2, 0.25) is 0 Å². The normalized spacial score (nSPS) is 17.2. The quantitative estimate of drug-likeness (QED) is 0.910. The molecule has 0 unspecified atom stereocenters. The molecule has 3 rings (SSSR count). The Morgan fingerprint density at radius 1 is 1.26 bits per heavy atom. The minimum atomic E-state index is 1.11. The van der Waals surface area contributed by atoms with E-state index in [0.717, 1.165) is 30.5 Å². The van der Waals surface area contributed by atoms with Crippen LogP contribution in [0.1, 0.15) is 11.3 Å². The lowest BCUT2D eigenvalue weighted by molar-refractivity contribution is 0.243. The number of halogens is 1. The molecule has 2 N–H and O–H groups in total. The summed E-state index contributed by atoms with van der Waals surface area (Å²) in [5.41, 5.74) is 4.02. The smallest absolute Gasteiger partial charge is 0.0470 e. The van der Waals surface area contributed by atoms with Crippen LogP contribution in [-0.2, 0) is 6.42 Å². The fourth-order valence-electron chi connectivity index (χ4n) is 2.82. The molecule has 1 aromatic heterocycles. The zero-order valence-corrected chi connectivity index (χ0v) is 12.9. The van der Waals surface area contributed by atoms with E-state index in [1.165, 1.54) is 35.2 Å². The molecule has 102 valence electrons. The van der Waals surface area contributed by atoms with Gasteiger partial charge in [-0.2, -0.15) is 0 Å². The summed E-state index contributed by atoms with van der Waals surface area (Å²) in [6.45, 7) is 7.96. The highest BCUT2D eigenvalue weighted by molar-refractivity contribution is 9.10. The highest BCUT2D eigenvalue weighted by Crippen LogP contribution is 2.25. The maximum Gasteiger partial charge on any atom is 0.0470 e. The van der Waals surface area contributed by atoms with Crippen molar-refractivity contribution in [3.63, 3.8) is 0 Å². The lowest BCUT2D eigenvalue weighted by atomic mass is 10.1. The Hall–Kier alpha value is -0.840. The molecule has 0 amide bonds. The average molecular weight is 322 g/mol. The molecule has 3 nitrogen and oxygen atoms in total. The maximum atomic E-state index is 3.57. The van der Waals surface area contributed by atoms with E-state index in [0.29, 0.717) is 0 Å². The van der Waals surface area contributed by atoms with Gasteiger partial charge in [-0.3, -0.25) is 0 Å². The summed E-state index contributed by atoms with van der Waals surface area (Å²) >= 11 is 3.53. The first-order valence-electron chi connectivity index (χ1n) is 6.94. The summed E-state index contributed by atoms with van der Waals surface area (Å²) < 4.78 is 1.13. The molecule has 0 aliphatic carbocycles. The summed E-state index contributed by atoms with van der Waals surface area (Å²) in [4.78, 5) is 6.11.